The quantitative estimate of drug-likeness (QED) is 0.898. The van der Waals surface area contributed by atoms with E-state index in [2.05, 4.69) is 10.2 Å². The van der Waals surface area contributed by atoms with E-state index in [1.807, 2.05) is 48.5 Å². The number of benzene rings is 2. The van der Waals surface area contributed by atoms with Crippen LogP contribution in [0.4, 0.5) is 11.4 Å². The van der Waals surface area contributed by atoms with Crippen LogP contribution < -0.4 is 10.2 Å². The van der Waals surface area contributed by atoms with Gasteiger partial charge in [-0.15, -0.1) is 0 Å². The van der Waals surface area contributed by atoms with E-state index < -0.39 is 0 Å². The van der Waals surface area contributed by atoms with Crippen LogP contribution >= 0.6 is 11.6 Å². The van der Waals surface area contributed by atoms with E-state index in [1.165, 1.54) is 0 Å². The lowest BCUT2D eigenvalue weighted by molar-refractivity contribution is -0.116. The lowest BCUT2D eigenvalue weighted by Crippen LogP contribution is -2.36. The minimum absolute atomic E-state index is 0.00405. The molecule has 2 aromatic carbocycles. The zero-order valence-corrected chi connectivity index (χ0v) is 14.3. The molecule has 1 saturated heterocycles. The zero-order chi connectivity index (χ0) is 16.8. The van der Waals surface area contributed by atoms with Crippen molar-refractivity contribution in [3.05, 3.63) is 59.1 Å². The molecule has 0 radical (unpaired) electrons. The minimum Gasteiger partial charge on any atom is -0.378 e. The van der Waals surface area contributed by atoms with Gasteiger partial charge in [-0.05, 0) is 30.2 Å². The van der Waals surface area contributed by atoms with Crippen molar-refractivity contribution >= 4 is 28.9 Å². The van der Waals surface area contributed by atoms with Gasteiger partial charge in [0.25, 0.3) is 0 Å². The molecule has 0 bridgehead atoms. The molecule has 1 aliphatic rings. The Hall–Kier alpha value is -2.04. The highest BCUT2D eigenvalue weighted by Gasteiger charge is 2.16. The van der Waals surface area contributed by atoms with Gasteiger partial charge in [0.2, 0.25) is 5.91 Å². The van der Waals surface area contributed by atoms with Gasteiger partial charge in [0.05, 0.1) is 24.6 Å². The summed E-state index contributed by atoms with van der Waals surface area (Å²) in [5, 5.41) is 3.63. The van der Waals surface area contributed by atoms with E-state index in [0.717, 1.165) is 36.4 Å². The Morgan fingerprint density at radius 1 is 1.12 bits per heavy atom. The van der Waals surface area contributed by atoms with E-state index in [0.29, 0.717) is 24.7 Å². The van der Waals surface area contributed by atoms with Crippen LogP contribution in [0.1, 0.15) is 12.0 Å². The Kier molecular flexibility index (Phi) is 5.72. The molecule has 0 aliphatic carbocycles. The average Bonchev–Trinajstić information content (AvgIpc) is 2.62. The van der Waals surface area contributed by atoms with E-state index >= 15 is 0 Å². The lowest BCUT2D eigenvalue weighted by atomic mass is 10.1. The van der Waals surface area contributed by atoms with Crippen LogP contribution in [0.2, 0.25) is 5.02 Å². The summed E-state index contributed by atoms with van der Waals surface area (Å²) in [6.07, 6.45) is 1.17. The third-order valence-corrected chi connectivity index (χ3v) is 4.30. The van der Waals surface area contributed by atoms with Crippen LogP contribution in [-0.2, 0) is 16.0 Å². The van der Waals surface area contributed by atoms with Gasteiger partial charge in [-0.2, -0.15) is 0 Å². The average molecular weight is 345 g/mol. The second-order valence-corrected chi connectivity index (χ2v) is 6.23. The Labute approximate surface area is 147 Å². The maximum atomic E-state index is 12.3. The number of nitrogens with zero attached hydrogens (tertiary/aromatic N) is 1. The molecule has 1 fully saturated rings. The fraction of sp³-hybridized carbons (Fsp3) is 0.316. The molecular formula is C19H21ClN2O2. The van der Waals surface area contributed by atoms with Gasteiger partial charge in [0, 0.05) is 24.5 Å². The molecule has 1 amide bonds. The van der Waals surface area contributed by atoms with Gasteiger partial charge >= 0.3 is 0 Å². The number of carbonyl (C=O) groups is 1. The van der Waals surface area contributed by atoms with Crippen LogP contribution in [0.15, 0.2) is 48.5 Å². The van der Waals surface area contributed by atoms with E-state index in [-0.39, 0.29) is 5.91 Å². The van der Waals surface area contributed by atoms with Crippen LogP contribution in [0, 0.1) is 0 Å². The highest BCUT2D eigenvalue weighted by molar-refractivity contribution is 6.31. The topological polar surface area (TPSA) is 41.6 Å². The first-order chi connectivity index (χ1) is 11.7. The number of carbonyl (C=O) groups excluding carboxylic acids is 1. The molecule has 0 spiro atoms. The number of aryl methyl sites for hydroxylation is 1. The molecule has 2 aromatic rings. The summed E-state index contributed by atoms with van der Waals surface area (Å²) in [4.78, 5) is 14.5. The maximum Gasteiger partial charge on any atom is 0.224 e. The van der Waals surface area contributed by atoms with Crippen LogP contribution in [0.5, 0.6) is 0 Å². The summed E-state index contributed by atoms with van der Waals surface area (Å²) in [7, 11) is 0. The predicted octanol–water partition coefficient (Wildman–Crippen LogP) is 3.75. The first-order valence-corrected chi connectivity index (χ1v) is 8.56. The summed E-state index contributed by atoms with van der Waals surface area (Å²) < 4.78 is 5.40. The van der Waals surface area contributed by atoms with E-state index in [9.17, 15) is 4.79 Å². The van der Waals surface area contributed by atoms with Crippen molar-refractivity contribution in [2.75, 3.05) is 36.5 Å². The Balaban J connectivity index is 1.66. The van der Waals surface area contributed by atoms with Crippen molar-refractivity contribution in [3.63, 3.8) is 0 Å². The fourth-order valence-corrected chi connectivity index (χ4v) is 2.98. The maximum absolute atomic E-state index is 12.3. The molecule has 5 heteroatoms. The van der Waals surface area contributed by atoms with E-state index in [1.54, 1.807) is 0 Å². The number of hydrogen-bond acceptors (Lipinski definition) is 3. The molecule has 126 valence electrons. The Bertz CT molecular complexity index is 685. The van der Waals surface area contributed by atoms with Crippen molar-refractivity contribution in [1.29, 1.82) is 0 Å². The number of anilines is 2. The van der Waals surface area contributed by atoms with Gasteiger partial charge in [-0.3, -0.25) is 4.79 Å². The second kappa shape index (κ2) is 8.18. The van der Waals surface area contributed by atoms with Gasteiger partial charge in [0.15, 0.2) is 0 Å². The molecule has 0 aromatic heterocycles. The highest BCUT2D eigenvalue weighted by Crippen LogP contribution is 2.30. The number of nitrogens with one attached hydrogen (secondary N) is 1. The first kappa shape index (κ1) is 16.8. The molecular weight excluding hydrogens is 324 g/mol. The van der Waals surface area contributed by atoms with Crippen LogP contribution in [0.25, 0.3) is 0 Å². The largest absolute Gasteiger partial charge is 0.378 e. The molecule has 3 rings (SSSR count). The SMILES string of the molecule is O=C(CCc1ccccc1)Nc1cc(Cl)ccc1N1CCOCC1. The second-order valence-electron chi connectivity index (χ2n) is 5.79. The lowest BCUT2D eigenvalue weighted by Gasteiger charge is -2.30. The van der Waals surface area contributed by atoms with E-state index in [4.69, 9.17) is 16.3 Å². The van der Waals surface area contributed by atoms with Crippen molar-refractivity contribution in [2.24, 2.45) is 0 Å². The minimum atomic E-state index is -0.00405. The third kappa shape index (κ3) is 4.49. The number of amides is 1. The first-order valence-electron chi connectivity index (χ1n) is 8.18. The summed E-state index contributed by atoms with van der Waals surface area (Å²) >= 11 is 6.12. The highest BCUT2D eigenvalue weighted by atomic mass is 35.5. The van der Waals surface area contributed by atoms with Gasteiger partial charge in [-0.1, -0.05) is 41.9 Å². The molecule has 4 nitrogen and oxygen atoms in total. The fourth-order valence-electron chi connectivity index (χ4n) is 2.80. The zero-order valence-electron chi connectivity index (χ0n) is 13.5. The summed E-state index contributed by atoms with van der Waals surface area (Å²) in [6, 6.07) is 15.6. The van der Waals surface area contributed by atoms with Gasteiger partial charge < -0.3 is 15.0 Å². The van der Waals surface area contributed by atoms with Gasteiger partial charge in [-0.25, -0.2) is 0 Å². The monoisotopic (exact) mass is 344 g/mol. The van der Waals surface area contributed by atoms with Gasteiger partial charge in [0.1, 0.15) is 0 Å². The molecule has 0 atom stereocenters. The normalized spacial score (nSPS) is 14.5. The number of ether oxygens (including phenoxy) is 1. The Morgan fingerprint density at radius 3 is 2.62 bits per heavy atom. The number of rotatable bonds is 5. The molecule has 1 N–H and O–H groups in total. The summed E-state index contributed by atoms with van der Waals surface area (Å²) in [5.74, 6) is -0.00405. The molecule has 1 aliphatic heterocycles. The van der Waals surface area contributed by atoms with Crippen molar-refractivity contribution in [2.45, 2.75) is 12.8 Å². The van der Waals surface area contributed by atoms with Crippen molar-refractivity contribution in [3.8, 4) is 0 Å². The predicted molar refractivity (Wildman–Crippen MR) is 97.9 cm³/mol. The molecule has 24 heavy (non-hydrogen) atoms. The van der Waals surface area contributed by atoms with Crippen LogP contribution in [0.3, 0.4) is 0 Å². The number of morpholine rings is 1. The molecule has 0 saturated carbocycles. The molecule has 1 heterocycles. The number of halogens is 1. The molecule has 0 unspecified atom stereocenters. The smallest absolute Gasteiger partial charge is 0.224 e. The summed E-state index contributed by atoms with van der Waals surface area (Å²) in [5.41, 5.74) is 2.92. The van der Waals surface area contributed by atoms with Crippen LogP contribution in [-0.4, -0.2) is 32.2 Å². The number of hydrogen-bond donors (Lipinski definition) is 1. The Morgan fingerprint density at radius 2 is 1.88 bits per heavy atom. The van der Waals surface area contributed by atoms with Crippen molar-refractivity contribution < 1.29 is 9.53 Å². The standard InChI is InChI=1S/C19H21ClN2O2/c20-16-7-8-18(22-10-12-24-13-11-22)17(14-16)21-19(23)9-6-15-4-2-1-3-5-15/h1-5,7-8,14H,6,9-13H2,(H,21,23). The third-order valence-electron chi connectivity index (χ3n) is 4.07. The van der Waals surface area contributed by atoms with Crippen molar-refractivity contribution in [1.82, 2.24) is 0 Å². The summed E-state index contributed by atoms with van der Waals surface area (Å²) in [6.45, 7) is 3.02.